The van der Waals surface area contributed by atoms with E-state index in [1.54, 1.807) is 0 Å². The van der Waals surface area contributed by atoms with Gasteiger partial charge in [-0.2, -0.15) is 0 Å². The number of thiazole rings is 1. The molecule has 3 rings (SSSR count). The van der Waals surface area contributed by atoms with Gasteiger partial charge in [0.25, 0.3) is 5.91 Å². The average molecular weight is 381 g/mol. The van der Waals surface area contributed by atoms with Crippen molar-refractivity contribution in [2.75, 3.05) is 0 Å². The van der Waals surface area contributed by atoms with E-state index < -0.39 is 0 Å². The van der Waals surface area contributed by atoms with Crippen molar-refractivity contribution < 1.29 is 9.53 Å². The number of hydrogen-bond donors (Lipinski definition) is 1. The van der Waals surface area contributed by atoms with Crippen LogP contribution in [-0.4, -0.2) is 10.9 Å². The Morgan fingerprint density at radius 1 is 1.15 bits per heavy atom. The third-order valence-corrected chi connectivity index (χ3v) is 5.52. The lowest BCUT2D eigenvalue weighted by Gasteiger charge is -2.13. The summed E-state index contributed by atoms with van der Waals surface area (Å²) >= 11 is 1.38. The molecule has 0 bridgehead atoms. The molecule has 1 aromatic heterocycles. The summed E-state index contributed by atoms with van der Waals surface area (Å²) in [6, 6.07) is 17.9. The van der Waals surface area contributed by atoms with E-state index in [1.807, 2.05) is 56.3 Å². The molecule has 0 aliphatic rings. The second kappa shape index (κ2) is 8.82. The van der Waals surface area contributed by atoms with E-state index in [9.17, 15) is 4.79 Å². The van der Waals surface area contributed by atoms with Gasteiger partial charge in [0.1, 0.15) is 22.2 Å². The lowest BCUT2D eigenvalue weighted by atomic mass is 10.1. The van der Waals surface area contributed by atoms with Gasteiger partial charge in [0, 0.05) is 0 Å². The summed E-state index contributed by atoms with van der Waals surface area (Å²) < 4.78 is 5.81. The molecule has 0 saturated carbocycles. The SMILES string of the molecule is CCc1ccc(OCc2nc(C)c(C(=O)N[C@H](C)c3ccccc3)s2)cc1. The quantitative estimate of drug-likeness (QED) is 0.621. The molecule has 0 spiro atoms. The molecule has 1 heterocycles. The zero-order valence-electron chi connectivity index (χ0n) is 15.9. The molecule has 1 atom stereocenters. The average Bonchev–Trinajstić information content (AvgIpc) is 3.08. The van der Waals surface area contributed by atoms with E-state index in [0.29, 0.717) is 11.5 Å². The fourth-order valence-corrected chi connectivity index (χ4v) is 3.66. The first kappa shape index (κ1) is 19.1. The van der Waals surface area contributed by atoms with Crippen LogP contribution in [0.25, 0.3) is 0 Å². The van der Waals surface area contributed by atoms with Gasteiger partial charge in [-0.05, 0) is 43.5 Å². The lowest BCUT2D eigenvalue weighted by Crippen LogP contribution is -2.26. The van der Waals surface area contributed by atoms with Gasteiger partial charge in [0.2, 0.25) is 0 Å². The molecule has 140 valence electrons. The topological polar surface area (TPSA) is 51.2 Å². The van der Waals surface area contributed by atoms with Crippen molar-refractivity contribution in [2.45, 2.75) is 39.8 Å². The first-order valence-electron chi connectivity index (χ1n) is 9.10. The molecule has 5 heteroatoms. The molecule has 0 unspecified atom stereocenters. The van der Waals surface area contributed by atoms with Crippen LogP contribution in [-0.2, 0) is 13.0 Å². The molecule has 0 fully saturated rings. The molecule has 0 aliphatic heterocycles. The molecule has 4 nitrogen and oxygen atoms in total. The highest BCUT2D eigenvalue weighted by atomic mass is 32.1. The number of aryl methyl sites for hydroxylation is 2. The van der Waals surface area contributed by atoms with Crippen molar-refractivity contribution in [3.8, 4) is 5.75 Å². The number of benzene rings is 2. The standard InChI is InChI=1S/C22H24N2O2S/c1-4-17-10-12-19(13-11-17)26-14-20-23-16(3)21(27-20)22(25)24-15(2)18-8-6-5-7-9-18/h5-13,15H,4,14H2,1-3H3,(H,24,25)/t15-/m1/s1. The van der Waals surface area contributed by atoms with Crippen molar-refractivity contribution in [3.05, 3.63) is 81.3 Å². The van der Waals surface area contributed by atoms with E-state index in [4.69, 9.17) is 4.74 Å². The first-order chi connectivity index (χ1) is 13.1. The maximum atomic E-state index is 12.6. The van der Waals surface area contributed by atoms with Crippen LogP contribution in [0.4, 0.5) is 0 Å². The molecule has 0 saturated heterocycles. The van der Waals surface area contributed by atoms with Crippen molar-refractivity contribution in [1.29, 1.82) is 0 Å². The van der Waals surface area contributed by atoms with Crippen LogP contribution in [0, 0.1) is 6.92 Å². The van der Waals surface area contributed by atoms with E-state index in [-0.39, 0.29) is 11.9 Å². The van der Waals surface area contributed by atoms with Gasteiger partial charge in [0.15, 0.2) is 0 Å². The maximum Gasteiger partial charge on any atom is 0.263 e. The number of nitrogens with one attached hydrogen (secondary N) is 1. The van der Waals surface area contributed by atoms with E-state index in [2.05, 4.69) is 29.4 Å². The Hall–Kier alpha value is -2.66. The smallest absolute Gasteiger partial charge is 0.263 e. The van der Waals surface area contributed by atoms with Gasteiger partial charge in [0.05, 0.1) is 11.7 Å². The van der Waals surface area contributed by atoms with Crippen molar-refractivity contribution in [3.63, 3.8) is 0 Å². The zero-order valence-corrected chi connectivity index (χ0v) is 16.7. The molecule has 2 aromatic carbocycles. The molecule has 0 aliphatic carbocycles. The Bertz CT molecular complexity index is 888. The van der Waals surface area contributed by atoms with Crippen LogP contribution in [0.1, 0.15) is 51.4 Å². The normalized spacial score (nSPS) is 11.8. The van der Waals surface area contributed by atoms with Gasteiger partial charge in [-0.15, -0.1) is 11.3 Å². The first-order valence-corrected chi connectivity index (χ1v) is 9.92. The highest BCUT2D eigenvalue weighted by Crippen LogP contribution is 2.22. The van der Waals surface area contributed by atoms with Crippen LogP contribution in [0.3, 0.4) is 0 Å². The lowest BCUT2D eigenvalue weighted by molar-refractivity contribution is 0.0943. The van der Waals surface area contributed by atoms with Gasteiger partial charge >= 0.3 is 0 Å². The number of nitrogens with zero attached hydrogens (tertiary/aromatic N) is 1. The van der Waals surface area contributed by atoms with Gasteiger partial charge in [-0.25, -0.2) is 4.98 Å². The second-order valence-electron chi connectivity index (χ2n) is 6.41. The van der Waals surface area contributed by atoms with E-state index in [1.165, 1.54) is 16.9 Å². The number of hydrogen-bond acceptors (Lipinski definition) is 4. The highest BCUT2D eigenvalue weighted by Gasteiger charge is 2.18. The number of amides is 1. The van der Waals surface area contributed by atoms with Gasteiger partial charge in [-0.3, -0.25) is 4.79 Å². The minimum absolute atomic E-state index is 0.0584. The Morgan fingerprint density at radius 3 is 2.52 bits per heavy atom. The summed E-state index contributed by atoms with van der Waals surface area (Å²) in [5, 5.41) is 3.84. The van der Waals surface area contributed by atoms with E-state index >= 15 is 0 Å². The number of aromatic nitrogens is 1. The van der Waals surface area contributed by atoms with Crippen LogP contribution < -0.4 is 10.1 Å². The number of ether oxygens (including phenoxy) is 1. The Balaban J connectivity index is 1.62. The van der Waals surface area contributed by atoms with Crippen molar-refractivity contribution >= 4 is 17.2 Å². The Morgan fingerprint density at radius 2 is 1.85 bits per heavy atom. The minimum atomic E-state index is -0.0973. The van der Waals surface area contributed by atoms with Gasteiger partial charge in [-0.1, -0.05) is 49.4 Å². The van der Waals surface area contributed by atoms with Crippen molar-refractivity contribution in [1.82, 2.24) is 10.3 Å². The highest BCUT2D eigenvalue weighted by molar-refractivity contribution is 7.13. The Kier molecular flexibility index (Phi) is 6.24. The summed E-state index contributed by atoms with van der Waals surface area (Å²) in [6.07, 6.45) is 1.01. The second-order valence-corrected chi connectivity index (χ2v) is 7.50. The van der Waals surface area contributed by atoms with Gasteiger partial charge < -0.3 is 10.1 Å². The summed E-state index contributed by atoms with van der Waals surface area (Å²) in [5.41, 5.74) is 3.09. The summed E-state index contributed by atoms with van der Waals surface area (Å²) in [7, 11) is 0. The van der Waals surface area contributed by atoms with Crippen LogP contribution in [0.5, 0.6) is 5.75 Å². The molecular weight excluding hydrogens is 356 g/mol. The number of carbonyl (C=O) groups excluding carboxylic acids is 1. The zero-order chi connectivity index (χ0) is 19.2. The molecule has 3 aromatic rings. The monoisotopic (exact) mass is 380 g/mol. The third-order valence-electron chi connectivity index (χ3n) is 4.39. The number of carbonyl (C=O) groups is 1. The van der Waals surface area contributed by atoms with Crippen LogP contribution in [0.15, 0.2) is 54.6 Å². The fourth-order valence-electron chi connectivity index (χ4n) is 2.78. The molecule has 27 heavy (non-hydrogen) atoms. The van der Waals surface area contributed by atoms with E-state index in [0.717, 1.165) is 28.4 Å². The fraction of sp³-hybridized carbons (Fsp3) is 0.273. The maximum absolute atomic E-state index is 12.6. The minimum Gasteiger partial charge on any atom is -0.486 e. The summed E-state index contributed by atoms with van der Waals surface area (Å²) in [6.45, 7) is 6.32. The largest absolute Gasteiger partial charge is 0.486 e. The molecule has 1 amide bonds. The van der Waals surface area contributed by atoms with Crippen LogP contribution in [0.2, 0.25) is 0 Å². The summed E-state index contributed by atoms with van der Waals surface area (Å²) in [4.78, 5) is 17.8. The predicted molar refractivity (Wildman–Crippen MR) is 109 cm³/mol. The van der Waals surface area contributed by atoms with Crippen molar-refractivity contribution in [2.24, 2.45) is 0 Å². The number of rotatable bonds is 7. The third kappa shape index (κ3) is 4.95. The molecule has 0 radical (unpaired) electrons. The molecular formula is C22H24N2O2S. The summed E-state index contributed by atoms with van der Waals surface area (Å²) in [5.74, 6) is 0.712. The Labute approximate surface area is 164 Å². The molecule has 1 N–H and O–H groups in total. The van der Waals surface area contributed by atoms with Crippen LogP contribution >= 0.6 is 11.3 Å². The predicted octanol–water partition coefficient (Wildman–Crippen LogP) is 5.08.